The van der Waals surface area contributed by atoms with Crippen LogP contribution in [0.3, 0.4) is 0 Å². The zero-order valence-electron chi connectivity index (χ0n) is 23.4. The van der Waals surface area contributed by atoms with Gasteiger partial charge in [-0.2, -0.15) is 0 Å². The zero-order chi connectivity index (χ0) is 28.6. The molecule has 3 nitrogen and oxygen atoms in total. The highest BCUT2D eigenvalue weighted by Crippen LogP contribution is 2.39. The molecule has 202 valence electrons. The lowest BCUT2D eigenvalue weighted by molar-refractivity contribution is 1.17. The van der Waals surface area contributed by atoms with Crippen molar-refractivity contribution in [3.63, 3.8) is 0 Å². The molecule has 0 saturated heterocycles. The lowest BCUT2D eigenvalue weighted by Crippen LogP contribution is -1.96. The van der Waals surface area contributed by atoms with Crippen molar-refractivity contribution in [1.29, 1.82) is 0 Å². The summed E-state index contributed by atoms with van der Waals surface area (Å²) in [5.74, 6) is 0. The molecule has 0 saturated carbocycles. The van der Waals surface area contributed by atoms with Crippen LogP contribution in [-0.2, 0) is 0 Å². The van der Waals surface area contributed by atoms with E-state index in [1.54, 1.807) is 0 Å². The van der Waals surface area contributed by atoms with Gasteiger partial charge >= 0.3 is 0 Å². The molecule has 0 aliphatic rings. The number of hydrogen-bond donors (Lipinski definition) is 0. The van der Waals surface area contributed by atoms with E-state index in [1.165, 1.54) is 10.9 Å². The highest BCUT2D eigenvalue weighted by atomic mass is 15.0. The van der Waals surface area contributed by atoms with E-state index in [-0.39, 0.29) is 0 Å². The molecule has 0 amide bonds. The number of hydrogen-bond acceptors (Lipinski definition) is 2. The van der Waals surface area contributed by atoms with Gasteiger partial charge in [0.1, 0.15) is 0 Å². The largest absolute Gasteiger partial charge is 0.307 e. The SMILES string of the molecule is c1ccc(-c2cc(-c3ccccc3)nc(-c3ccc4c(c3)c3ccnc(-c5ccccc5)c3n4-c3ccccc3)c2)cc1. The molecule has 0 bridgehead atoms. The topological polar surface area (TPSA) is 30.7 Å². The third kappa shape index (κ3) is 4.48. The third-order valence-electron chi connectivity index (χ3n) is 8.03. The van der Waals surface area contributed by atoms with Crippen LogP contribution >= 0.6 is 0 Å². The summed E-state index contributed by atoms with van der Waals surface area (Å²) in [4.78, 5) is 10.1. The van der Waals surface area contributed by atoms with E-state index in [0.29, 0.717) is 0 Å². The molecule has 0 fully saturated rings. The molecule has 3 heteroatoms. The fourth-order valence-electron chi connectivity index (χ4n) is 6.01. The fourth-order valence-corrected chi connectivity index (χ4v) is 6.01. The maximum Gasteiger partial charge on any atom is 0.0948 e. The zero-order valence-corrected chi connectivity index (χ0v) is 23.4. The Hall–Kier alpha value is -5.80. The number of benzene rings is 5. The van der Waals surface area contributed by atoms with Crippen molar-refractivity contribution in [2.75, 3.05) is 0 Å². The Kier molecular flexibility index (Phi) is 6.12. The van der Waals surface area contributed by atoms with Crippen molar-refractivity contribution in [1.82, 2.24) is 14.5 Å². The van der Waals surface area contributed by atoms with Crippen molar-refractivity contribution in [2.45, 2.75) is 0 Å². The van der Waals surface area contributed by atoms with Crippen molar-refractivity contribution < 1.29 is 0 Å². The summed E-state index contributed by atoms with van der Waals surface area (Å²) < 4.78 is 2.34. The predicted molar refractivity (Wildman–Crippen MR) is 178 cm³/mol. The summed E-state index contributed by atoms with van der Waals surface area (Å²) in [6.07, 6.45) is 1.92. The highest BCUT2D eigenvalue weighted by molar-refractivity contribution is 6.13. The molecule has 43 heavy (non-hydrogen) atoms. The van der Waals surface area contributed by atoms with Crippen LogP contribution in [0.1, 0.15) is 0 Å². The van der Waals surface area contributed by atoms with Gasteiger partial charge in [0.15, 0.2) is 0 Å². The lowest BCUT2D eigenvalue weighted by atomic mass is 9.99. The summed E-state index contributed by atoms with van der Waals surface area (Å²) >= 11 is 0. The Balaban J connectivity index is 1.39. The average molecular weight is 550 g/mol. The van der Waals surface area contributed by atoms with Crippen molar-refractivity contribution >= 4 is 21.8 Å². The molecule has 8 rings (SSSR count). The number of pyridine rings is 2. The van der Waals surface area contributed by atoms with Gasteiger partial charge < -0.3 is 4.57 Å². The first-order valence-corrected chi connectivity index (χ1v) is 14.5. The first-order chi connectivity index (χ1) is 21.3. The molecule has 0 spiro atoms. The van der Waals surface area contributed by atoms with Crippen LogP contribution in [0, 0.1) is 0 Å². The number of fused-ring (bicyclic) bond motifs is 3. The summed E-state index contributed by atoms with van der Waals surface area (Å²) in [5.41, 5.74) is 11.8. The molecule has 0 aliphatic heterocycles. The van der Waals surface area contributed by atoms with E-state index in [0.717, 1.165) is 61.4 Å². The van der Waals surface area contributed by atoms with Crippen molar-refractivity contribution in [2.24, 2.45) is 0 Å². The van der Waals surface area contributed by atoms with Gasteiger partial charge in [-0.3, -0.25) is 4.98 Å². The monoisotopic (exact) mass is 549 g/mol. The van der Waals surface area contributed by atoms with Gasteiger partial charge in [-0.05, 0) is 53.6 Å². The van der Waals surface area contributed by atoms with Gasteiger partial charge in [0.25, 0.3) is 0 Å². The van der Waals surface area contributed by atoms with Gasteiger partial charge in [-0.25, -0.2) is 4.98 Å². The number of rotatable bonds is 5. The van der Waals surface area contributed by atoms with Crippen LogP contribution in [-0.4, -0.2) is 14.5 Å². The Morgan fingerprint density at radius 1 is 0.419 bits per heavy atom. The standard InChI is InChI=1S/C40H27N3/c1-5-13-28(14-6-1)32-26-36(29-15-7-2-8-16-29)42-37(27-32)31-21-22-38-35(25-31)34-23-24-41-39(30-17-9-3-10-18-30)40(34)43(38)33-19-11-4-12-20-33/h1-27H. The molecule has 0 atom stereocenters. The van der Waals surface area contributed by atoms with Gasteiger partial charge in [-0.15, -0.1) is 0 Å². The van der Waals surface area contributed by atoms with Gasteiger partial charge in [0, 0.05) is 39.3 Å². The first-order valence-electron chi connectivity index (χ1n) is 14.5. The molecule has 0 aliphatic carbocycles. The minimum atomic E-state index is 0.944. The van der Waals surface area contributed by atoms with Gasteiger partial charge in [-0.1, -0.05) is 115 Å². The number of para-hydroxylation sites is 1. The number of nitrogens with zero attached hydrogens (tertiary/aromatic N) is 3. The second-order valence-corrected chi connectivity index (χ2v) is 10.7. The Labute approximate surface area is 250 Å². The molecule has 0 radical (unpaired) electrons. The molecule has 0 N–H and O–H groups in total. The number of aromatic nitrogens is 3. The molecule has 3 heterocycles. The van der Waals surface area contributed by atoms with E-state index in [9.17, 15) is 0 Å². The van der Waals surface area contributed by atoms with Crippen molar-refractivity contribution in [3.05, 3.63) is 164 Å². The normalized spacial score (nSPS) is 11.3. The summed E-state index contributed by atoms with van der Waals surface area (Å²) in [6.45, 7) is 0. The molecule has 5 aromatic carbocycles. The quantitative estimate of drug-likeness (QED) is 0.214. The lowest BCUT2D eigenvalue weighted by Gasteiger charge is -2.12. The smallest absolute Gasteiger partial charge is 0.0948 e. The van der Waals surface area contributed by atoms with Crippen LogP contribution in [0.25, 0.3) is 72.4 Å². The van der Waals surface area contributed by atoms with Crippen LogP contribution in [0.15, 0.2) is 164 Å². The average Bonchev–Trinajstić information content (AvgIpc) is 3.43. The minimum absolute atomic E-state index is 0.944. The van der Waals surface area contributed by atoms with Crippen LogP contribution in [0.5, 0.6) is 0 Å². The van der Waals surface area contributed by atoms with E-state index >= 15 is 0 Å². The van der Waals surface area contributed by atoms with Gasteiger partial charge in [0.2, 0.25) is 0 Å². The maximum absolute atomic E-state index is 5.20. The molecule has 0 unspecified atom stereocenters. The Morgan fingerprint density at radius 3 is 1.67 bits per heavy atom. The van der Waals surface area contributed by atoms with Crippen LogP contribution in [0.2, 0.25) is 0 Å². The second kappa shape index (κ2) is 10.6. The summed E-state index contributed by atoms with van der Waals surface area (Å²) in [5, 5.41) is 2.33. The highest BCUT2D eigenvalue weighted by Gasteiger charge is 2.18. The molecule has 3 aromatic heterocycles. The van der Waals surface area contributed by atoms with Gasteiger partial charge in [0.05, 0.1) is 28.1 Å². The predicted octanol–water partition coefficient (Wildman–Crippen LogP) is 10.2. The van der Waals surface area contributed by atoms with Crippen LogP contribution < -0.4 is 0 Å². The molecular weight excluding hydrogens is 522 g/mol. The Morgan fingerprint density at radius 2 is 1.00 bits per heavy atom. The van der Waals surface area contributed by atoms with E-state index in [4.69, 9.17) is 9.97 Å². The minimum Gasteiger partial charge on any atom is -0.307 e. The summed E-state index contributed by atoms with van der Waals surface area (Å²) in [7, 11) is 0. The van der Waals surface area contributed by atoms with E-state index < -0.39 is 0 Å². The molecular formula is C40H27N3. The van der Waals surface area contributed by atoms with Crippen molar-refractivity contribution in [3.8, 4) is 50.6 Å². The maximum atomic E-state index is 5.20. The fraction of sp³-hybridized carbons (Fsp3) is 0. The second-order valence-electron chi connectivity index (χ2n) is 10.7. The molecule has 8 aromatic rings. The third-order valence-corrected chi connectivity index (χ3v) is 8.03. The van der Waals surface area contributed by atoms with E-state index in [2.05, 4.69) is 150 Å². The first kappa shape index (κ1) is 25.0. The Bertz CT molecular complexity index is 2140. The van der Waals surface area contributed by atoms with Crippen LogP contribution in [0.4, 0.5) is 0 Å². The van der Waals surface area contributed by atoms with E-state index in [1.807, 2.05) is 18.3 Å². The summed E-state index contributed by atoms with van der Waals surface area (Å²) in [6, 6.07) is 55.2.